The maximum Gasteiger partial charge on any atom is 0.341 e. The number of benzene rings is 1. The van der Waals surface area contributed by atoms with Crippen molar-refractivity contribution in [1.29, 1.82) is 0 Å². The summed E-state index contributed by atoms with van der Waals surface area (Å²) in [5.41, 5.74) is 1.47. The van der Waals surface area contributed by atoms with Crippen molar-refractivity contribution in [3.63, 3.8) is 0 Å². The highest BCUT2D eigenvalue weighted by molar-refractivity contribution is 6.08. The van der Waals surface area contributed by atoms with Gasteiger partial charge >= 0.3 is 12.0 Å². The van der Waals surface area contributed by atoms with Gasteiger partial charge in [-0.05, 0) is 19.4 Å². The number of amides is 2. The molecule has 110 valence electrons. The normalized spacial score (nSPS) is 21.8. The third-order valence-corrected chi connectivity index (χ3v) is 3.21. The molecule has 0 saturated heterocycles. The highest BCUT2D eigenvalue weighted by Gasteiger charge is 2.35. The van der Waals surface area contributed by atoms with E-state index in [1.807, 2.05) is 36.4 Å². The van der Waals surface area contributed by atoms with Crippen molar-refractivity contribution >= 4 is 23.8 Å². The summed E-state index contributed by atoms with van der Waals surface area (Å²) in [6, 6.07) is 8.79. The van der Waals surface area contributed by atoms with Crippen LogP contribution in [0.1, 0.15) is 19.4 Å². The number of carbonyl (C=O) groups is 2. The lowest BCUT2D eigenvalue weighted by atomic mass is 9.93. The molecule has 1 aromatic carbocycles. The first kappa shape index (κ1) is 15.0. The van der Waals surface area contributed by atoms with Crippen LogP contribution in [0.25, 0.3) is 6.08 Å². The molecule has 0 bridgehead atoms. The van der Waals surface area contributed by atoms with Crippen LogP contribution in [-0.4, -0.2) is 30.4 Å². The molecular formula is C16H18N2O3. The van der Waals surface area contributed by atoms with Gasteiger partial charge in [-0.25, -0.2) is 9.79 Å². The molecule has 1 aliphatic heterocycles. The second-order valence-corrected chi connectivity index (χ2v) is 4.73. The van der Waals surface area contributed by atoms with E-state index >= 15 is 0 Å². The van der Waals surface area contributed by atoms with Gasteiger partial charge in [0, 0.05) is 5.71 Å². The van der Waals surface area contributed by atoms with E-state index < -0.39 is 18.0 Å². The Morgan fingerprint density at radius 3 is 2.76 bits per heavy atom. The Balaban J connectivity index is 2.22. The molecule has 0 saturated carbocycles. The van der Waals surface area contributed by atoms with Crippen molar-refractivity contribution < 1.29 is 14.3 Å². The fourth-order valence-corrected chi connectivity index (χ4v) is 2.24. The van der Waals surface area contributed by atoms with E-state index in [1.54, 1.807) is 19.9 Å². The number of ether oxygens (including phenoxy) is 1. The fraction of sp³-hybridized carbons (Fsp3) is 0.312. The molecule has 1 aliphatic rings. The van der Waals surface area contributed by atoms with Crippen molar-refractivity contribution in [3.8, 4) is 0 Å². The van der Waals surface area contributed by atoms with Crippen molar-refractivity contribution in [2.24, 2.45) is 10.9 Å². The van der Waals surface area contributed by atoms with Crippen LogP contribution in [0.15, 0.2) is 41.4 Å². The molecule has 2 rings (SSSR count). The maximum absolute atomic E-state index is 12.0. The number of esters is 1. The number of carbonyl (C=O) groups excluding carboxylic acids is 2. The summed E-state index contributed by atoms with van der Waals surface area (Å²) in [7, 11) is 0. The highest BCUT2D eigenvalue weighted by atomic mass is 16.5. The quantitative estimate of drug-likeness (QED) is 0.864. The van der Waals surface area contributed by atoms with E-state index in [0.717, 1.165) is 5.56 Å². The van der Waals surface area contributed by atoms with Gasteiger partial charge in [0.15, 0.2) is 0 Å². The maximum atomic E-state index is 12.0. The van der Waals surface area contributed by atoms with Gasteiger partial charge in [-0.1, -0.05) is 42.5 Å². The van der Waals surface area contributed by atoms with Gasteiger partial charge < -0.3 is 10.1 Å². The summed E-state index contributed by atoms with van der Waals surface area (Å²) in [4.78, 5) is 27.4. The second-order valence-electron chi connectivity index (χ2n) is 4.73. The third-order valence-electron chi connectivity index (χ3n) is 3.21. The number of nitrogens with one attached hydrogen (secondary N) is 1. The first-order valence-corrected chi connectivity index (χ1v) is 6.87. The standard InChI is InChI=1S/C16H18N2O3/c1-3-21-15(19)14-11(2)17-16(20)18-13(14)10-9-12-7-5-4-6-8-12/h4-10,13-14H,3H2,1-2H3,(H,18,20)/b10-9+/t13-,14+/m0/s1. The Bertz CT molecular complexity index is 578. The zero-order valence-electron chi connectivity index (χ0n) is 12.1. The van der Waals surface area contributed by atoms with Crippen LogP contribution in [0.4, 0.5) is 4.79 Å². The first-order chi connectivity index (χ1) is 10.1. The molecule has 2 atom stereocenters. The molecule has 2 amide bonds. The van der Waals surface area contributed by atoms with Gasteiger partial charge in [-0.2, -0.15) is 0 Å². The summed E-state index contributed by atoms with van der Waals surface area (Å²) in [6.45, 7) is 3.72. The molecule has 0 aliphatic carbocycles. The lowest BCUT2D eigenvalue weighted by Gasteiger charge is -2.27. The lowest BCUT2D eigenvalue weighted by molar-refractivity contribution is -0.146. The van der Waals surface area contributed by atoms with Gasteiger partial charge in [-0.15, -0.1) is 0 Å². The monoisotopic (exact) mass is 286 g/mol. The van der Waals surface area contributed by atoms with Crippen molar-refractivity contribution in [3.05, 3.63) is 42.0 Å². The van der Waals surface area contributed by atoms with Gasteiger partial charge in [0.05, 0.1) is 12.6 Å². The van der Waals surface area contributed by atoms with Gasteiger partial charge in [-0.3, -0.25) is 4.79 Å². The Hall–Kier alpha value is -2.43. The van der Waals surface area contributed by atoms with Gasteiger partial charge in [0.1, 0.15) is 5.92 Å². The summed E-state index contributed by atoms with van der Waals surface area (Å²) in [6.07, 6.45) is 3.67. The SMILES string of the molecule is CCOC(=O)[C@@H]1C(C)=NC(=O)N[C@H]1/C=C/c1ccccc1. The van der Waals surface area contributed by atoms with Crippen LogP contribution in [0.2, 0.25) is 0 Å². The number of aliphatic imine (C=N–C) groups is 1. The van der Waals surface area contributed by atoms with Gasteiger partial charge in [0.25, 0.3) is 0 Å². The average Bonchev–Trinajstić information content (AvgIpc) is 2.45. The Labute approximate surface area is 123 Å². The van der Waals surface area contributed by atoms with E-state index in [4.69, 9.17) is 4.74 Å². The molecule has 1 N–H and O–H groups in total. The first-order valence-electron chi connectivity index (χ1n) is 6.87. The van der Waals surface area contributed by atoms with Crippen LogP contribution in [0.5, 0.6) is 0 Å². The Kier molecular flexibility index (Phi) is 4.87. The highest BCUT2D eigenvalue weighted by Crippen LogP contribution is 2.17. The van der Waals surface area contributed by atoms with E-state index in [9.17, 15) is 9.59 Å². The summed E-state index contributed by atoms with van der Waals surface area (Å²) < 4.78 is 5.06. The molecule has 0 fully saturated rings. The summed E-state index contributed by atoms with van der Waals surface area (Å²) >= 11 is 0. The molecule has 0 unspecified atom stereocenters. The summed E-state index contributed by atoms with van der Waals surface area (Å²) in [5, 5.41) is 2.69. The number of nitrogens with zero attached hydrogens (tertiary/aromatic N) is 1. The van der Waals surface area contributed by atoms with Crippen LogP contribution in [-0.2, 0) is 9.53 Å². The number of hydrogen-bond donors (Lipinski definition) is 1. The minimum Gasteiger partial charge on any atom is -0.465 e. The van der Waals surface area contributed by atoms with E-state index in [2.05, 4.69) is 10.3 Å². The topological polar surface area (TPSA) is 67.8 Å². The smallest absolute Gasteiger partial charge is 0.341 e. The van der Waals surface area contributed by atoms with Crippen LogP contribution in [0.3, 0.4) is 0 Å². The minimum atomic E-state index is -0.581. The van der Waals surface area contributed by atoms with Crippen molar-refractivity contribution in [1.82, 2.24) is 5.32 Å². The Morgan fingerprint density at radius 1 is 1.38 bits per heavy atom. The summed E-state index contributed by atoms with van der Waals surface area (Å²) in [5.74, 6) is -0.955. The van der Waals surface area contributed by atoms with Crippen LogP contribution >= 0.6 is 0 Å². The molecule has 1 heterocycles. The zero-order chi connectivity index (χ0) is 15.2. The van der Waals surface area contributed by atoms with E-state index in [0.29, 0.717) is 12.3 Å². The second kappa shape index (κ2) is 6.83. The molecule has 5 heteroatoms. The van der Waals surface area contributed by atoms with Crippen molar-refractivity contribution in [2.45, 2.75) is 19.9 Å². The molecule has 1 aromatic rings. The number of urea groups is 1. The number of rotatable bonds is 4. The molecular weight excluding hydrogens is 268 g/mol. The molecule has 21 heavy (non-hydrogen) atoms. The van der Waals surface area contributed by atoms with Crippen molar-refractivity contribution in [2.75, 3.05) is 6.61 Å². The predicted octanol–water partition coefficient (Wildman–Crippen LogP) is 2.43. The van der Waals surface area contributed by atoms with E-state index in [1.165, 1.54) is 0 Å². The van der Waals surface area contributed by atoms with Crippen LogP contribution in [0, 0.1) is 5.92 Å². The predicted molar refractivity (Wildman–Crippen MR) is 81.0 cm³/mol. The molecule has 0 radical (unpaired) electrons. The average molecular weight is 286 g/mol. The largest absolute Gasteiger partial charge is 0.465 e. The lowest BCUT2D eigenvalue weighted by Crippen LogP contribution is -2.49. The Morgan fingerprint density at radius 2 is 2.10 bits per heavy atom. The fourth-order valence-electron chi connectivity index (χ4n) is 2.24. The van der Waals surface area contributed by atoms with Crippen LogP contribution < -0.4 is 5.32 Å². The number of hydrogen-bond acceptors (Lipinski definition) is 3. The molecule has 0 aromatic heterocycles. The minimum absolute atomic E-state index is 0.297. The molecule has 5 nitrogen and oxygen atoms in total. The van der Waals surface area contributed by atoms with Gasteiger partial charge in [0.2, 0.25) is 0 Å². The third kappa shape index (κ3) is 3.78. The van der Waals surface area contributed by atoms with E-state index in [-0.39, 0.29) is 5.97 Å². The molecule has 0 spiro atoms. The zero-order valence-corrected chi connectivity index (χ0v) is 12.1.